The van der Waals surface area contributed by atoms with E-state index in [2.05, 4.69) is 10.3 Å². The van der Waals surface area contributed by atoms with Crippen molar-refractivity contribution < 1.29 is 4.79 Å². The third-order valence-electron chi connectivity index (χ3n) is 5.22. The average molecular weight is 327 g/mol. The summed E-state index contributed by atoms with van der Waals surface area (Å²) in [5.74, 6) is 2.06. The number of aromatic nitrogens is 1. The van der Waals surface area contributed by atoms with Crippen LogP contribution in [-0.4, -0.2) is 10.8 Å². The third kappa shape index (κ3) is 2.34. The second kappa shape index (κ2) is 5.34. The molecule has 1 saturated carbocycles. The lowest BCUT2D eigenvalue weighted by atomic mass is 9.88. The summed E-state index contributed by atoms with van der Waals surface area (Å²) < 4.78 is 0. The van der Waals surface area contributed by atoms with Gasteiger partial charge in [0.2, 0.25) is 0 Å². The van der Waals surface area contributed by atoms with Crippen LogP contribution in [-0.2, 0) is 0 Å². The van der Waals surface area contributed by atoms with Gasteiger partial charge in [0.15, 0.2) is 5.78 Å². The maximum absolute atomic E-state index is 12.0. The zero-order chi connectivity index (χ0) is 16.1. The first-order valence-corrected chi connectivity index (χ1v) is 8.49. The minimum Gasteiger partial charge on any atom is -0.340 e. The van der Waals surface area contributed by atoms with Gasteiger partial charge in [0.25, 0.3) is 0 Å². The molecule has 2 unspecified atom stereocenters. The van der Waals surface area contributed by atoms with Crippen LogP contribution in [0.3, 0.4) is 0 Å². The number of rotatable bonds is 3. The van der Waals surface area contributed by atoms with Gasteiger partial charge >= 0.3 is 0 Å². The molecule has 0 radical (unpaired) electrons. The summed E-state index contributed by atoms with van der Waals surface area (Å²) in [6.45, 7) is 3.62. The molecule has 2 aliphatic carbocycles. The van der Waals surface area contributed by atoms with E-state index in [0.29, 0.717) is 11.8 Å². The van der Waals surface area contributed by atoms with Crippen LogP contribution < -0.4 is 5.32 Å². The lowest BCUT2D eigenvalue weighted by molar-refractivity contribution is 0.101. The van der Waals surface area contributed by atoms with Gasteiger partial charge in [0, 0.05) is 28.0 Å². The summed E-state index contributed by atoms with van der Waals surface area (Å²) in [7, 11) is 0. The minimum atomic E-state index is 0.117. The number of carbonyl (C=O) groups is 1. The number of pyridine rings is 1. The predicted molar refractivity (Wildman–Crippen MR) is 93.0 cm³/mol. The van der Waals surface area contributed by atoms with Crippen molar-refractivity contribution in [1.82, 2.24) is 4.98 Å². The van der Waals surface area contributed by atoms with Crippen molar-refractivity contribution in [2.24, 2.45) is 0 Å². The molecule has 0 amide bonds. The predicted octanol–water partition coefficient (Wildman–Crippen LogP) is 5.35. The summed E-state index contributed by atoms with van der Waals surface area (Å²) in [5, 5.41) is 4.16. The Morgan fingerprint density at radius 2 is 2.00 bits per heavy atom. The van der Waals surface area contributed by atoms with Gasteiger partial charge in [-0.05, 0) is 68.2 Å². The molecule has 1 aromatic carbocycles. The molecule has 1 N–H and O–H groups in total. The van der Waals surface area contributed by atoms with Crippen molar-refractivity contribution in [2.75, 3.05) is 5.32 Å². The number of benzene rings is 1. The van der Waals surface area contributed by atoms with Gasteiger partial charge in [-0.2, -0.15) is 0 Å². The van der Waals surface area contributed by atoms with Gasteiger partial charge < -0.3 is 5.32 Å². The Morgan fingerprint density at radius 3 is 2.70 bits per heavy atom. The highest BCUT2D eigenvalue weighted by Gasteiger charge is 2.41. The summed E-state index contributed by atoms with van der Waals surface area (Å²) in [6.07, 6.45) is 5.28. The smallest absolute Gasteiger partial charge is 0.161 e. The van der Waals surface area contributed by atoms with Gasteiger partial charge in [0.05, 0.1) is 0 Å². The van der Waals surface area contributed by atoms with E-state index in [-0.39, 0.29) is 5.78 Å². The molecule has 2 aliphatic rings. The van der Waals surface area contributed by atoms with Crippen LogP contribution in [0.2, 0.25) is 5.02 Å². The third-order valence-corrected chi connectivity index (χ3v) is 5.63. The lowest BCUT2D eigenvalue weighted by Gasteiger charge is -2.21. The van der Waals surface area contributed by atoms with Crippen molar-refractivity contribution >= 4 is 28.9 Å². The van der Waals surface area contributed by atoms with E-state index < -0.39 is 0 Å². The Hall–Kier alpha value is -1.87. The second-order valence-electron chi connectivity index (χ2n) is 6.70. The van der Waals surface area contributed by atoms with E-state index in [1.165, 1.54) is 24.0 Å². The van der Waals surface area contributed by atoms with E-state index in [4.69, 9.17) is 11.6 Å². The number of Topliss-reactive ketones (excluding diaryl/α,β-unsaturated/α-hetero) is 1. The number of fused-ring (bicyclic) bond motifs is 5. The second-order valence-corrected chi connectivity index (χ2v) is 7.11. The van der Waals surface area contributed by atoms with Crippen molar-refractivity contribution in [3.8, 4) is 0 Å². The van der Waals surface area contributed by atoms with Gasteiger partial charge in [-0.1, -0.05) is 17.7 Å². The zero-order valence-corrected chi connectivity index (χ0v) is 14.1. The molecule has 3 nitrogen and oxygen atoms in total. The molecule has 4 heteroatoms. The van der Waals surface area contributed by atoms with E-state index in [1.807, 2.05) is 25.1 Å². The van der Waals surface area contributed by atoms with Gasteiger partial charge in [-0.15, -0.1) is 0 Å². The Bertz CT molecular complexity index is 815. The SMILES string of the molecule is CC(=O)c1cnc(Nc2ccc(C)c(Cl)c2)c2c1C1CCC2C1. The normalized spacial score (nSPS) is 21.3. The molecule has 23 heavy (non-hydrogen) atoms. The number of aryl methyl sites for hydroxylation is 1. The Morgan fingerprint density at radius 1 is 1.26 bits per heavy atom. The summed E-state index contributed by atoms with van der Waals surface area (Å²) in [4.78, 5) is 16.5. The molecule has 0 saturated heterocycles. The number of nitrogens with one attached hydrogen (secondary N) is 1. The number of hydrogen-bond donors (Lipinski definition) is 1. The fourth-order valence-electron chi connectivity index (χ4n) is 4.09. The lowest BCUT2D eigenvalue weighted by Crippen LogP contribution is -2.10. The fourth-order valence-corrected chi connectivity index (χ4v) is 4.27. The Kier molecular flexibility index (Phi) is 3.42. The summed E-state index contributed by atoms with van der Waals surface area (Å²) in [5.41, 5.74) is 5.30. The molecule has 1 aromatic heterocycles. The number of carbonyl (C=O) groups excluding carboxylic acids is 1. The number of anilines is 2. The molecule has 2 atom stereocenters. The largest absolute Gasteiger partial charge is 0.340 e. The van der Waals surface area contributed by atoms with Gasteiger partial charge in [0.1, 0.15) is 5.82 Å². The van der Waals surface area contributed by atoms with E-state index in [0.717, 1.165) is 34.1 Å². The molecular formula is C19H19ClN2O. The molecule has 1 fully saturated rings. The molecule has 2 bridgehead atoms. The highest BCUT2D eigenvalue weighted by atomic mass is 35.5. The fraction of sp³-hybridized carbons (Fsp3) is 0.368. The first-order valence-electron chi connectivity index (χ1n) is 8.11. The topological polar surface area (TPSA) is 42.0 Å². The van der Waals surface area contributed by atoms with Crippen LogP contribution in [0.1, 0.15) is 65.1 Å². The van der Waals surface area contributed by atoms with Crippen LogP contribution in [0.25, 0.3) is 0 Å². The highest BCUT2D eigenvalue weighted by Crippen LogP contribution is 2.56. The zero-order valence-electron chi connectivity index (χ0n) is 13.3. The summed E-state index contributed by atoms with van der Waals surface area (Å²) >= 11 is 6.22. The monoisotopic (exact) mass is 326 g/mol. The summed E-state index contributed by atoms with van der Waals surface area (Å²) in [6, 6.07) is 5.94. The van der Waals surface area contributed by atoms with Crippen LogP contribution in [0.5, 0.6) is 0 Å². The Labute approximate surface area is 141 Å². The number of hydrogen-bond acceptors (Lipinski definition) is 3. The maximum atomic E-state index is 12.0. The standard InChI is InChI=1S/C19H19ClN2O/c1-10-3-6-14(8-16(10)20)22-19-18-13-5-4-12(7-13)17(18)15(9-21-19)11(2)23/h3,6,8-9,12-13H,4-5,7H2,1-2H3,(H,21,22). The molecule has 118 valence electrons. The van der Waals surface area contributed by atoms with Crippen molar-refractivity contribution in [3.05, 3.63) is 51.7 Å². The molecular weight excluding hydrogens is 308 g/mol. The first kappa shape index (κ1) is 14.7. The van der Waals surface area contributed by atoms with E-state index in [1.54, 1.807) is 13.1 Å². The molecule has 2 aromatic rings. The minimum absolute atomic E-state index is 0.117. The average Bonchev–Trinajstić information content (AvgIpc) is 3.13. The number of ketones is 1. The van der Waals surface area contributed by atoms with Crippen LogP contribution >= 0.6 is 11.6 Å². The van der Waals surface area contributed by atoms with Crippen LogP contribution in [0.4, 0.5) is 11.5 Å². The van der Waals surface area contributed by atoms with E-state index in [9.17, 15) is 4.79 Å². The first-order chi connectivity index (χ1) is 11.0. The van der Waals surface area contributed by atoms with Crippen molar-refractivity contribution in [1.29, 1.82) is 0 Å². The maximum Gasteiger partial charge on any atom is 0.161 e. The number of nitrogens with zero attached hydrogens (tertiary/aromatic N) is 1. The van der Waals surface area contributed by atoms with Crippen molar-refractivity contribution in [2.45, 2.75) is 44.9 Å². The highest BCUT2D eigenvalue weighted by molar-refractivity contribution is 6.31. The molecule has 0 aliphatic heterocycles. The quantitative estimate of drug-likeness (QED) is 0.772. The van der Waals surface area contributed by atoms with Gasteiger partial charge in [-0.25, -0.2) is 4.98 Å². The molecule has 0 spiro atoms. The van der Waals surface area contributed by atoms with Gasteiger partial charge in [-0.3, -0.25) is 4.79 Å². The van der Waals surface area contributed by atoms with Crippen LogP contribution in [0, 0.1) is 6.92 Å². The number of halogens is 1. The molecule has 4 rings (SSSR count). The van der Waals surface area contributed by atoms with Crippen molar-refractivity contribution in [3.63, 3.8) is 0 Å². The Balaban J connectivity index is 1.78. The van der Waals surface area contributed by atoms with Crippen LogP contribution in [0.15, 0.2) is 24.4 Å². The molecule has 1 heterocycles. The van der Waals surface area contributed by atoms with E-state index >= 15 is 0 Å².